The zero-order chi connectivity index (χ0) is 21.1. The average molecular weight is 407 g/mol. The molecule has 0 unspecified atom stereocenters. The van der Waals surface area contributed by atoms with Crippen LogP contribution in [0.4, 0.5) is 0 Å². The van der Waals surface area contributed by atoms with E-state index in [-0.39, 0.29) is 0 Å². The second-order valence-electron chi connectivity index (χ2n) is 8.93. The van der Waals surface area contributed by atoms with Gasteiger partial charge in [-0.25, -0.2) is 0 Å². The van der Waals surface area contributed by atoms with Crippen LogP contribution in [0.5, 0.6) is 0 Å². The summed E-state index contributed by atoms with van der Waals surface area (Å²) in [5.74, 6) is 0. The van der Waals surface area contributed by atoms with Gasteiger partial charge in [0.2, 0.25) is 0 Å². The van der Waals surface area contributed by atoms with Gasteiger partial charge in [0.05, 0.1) is 0 Å². The minimum absolute atomic E-state index is 1.14. The molecule has 0 aromatic heterocycles. The Kier molecular flexibility index (Phi) is 3.77. The Morgan fingerprint density at radius 2 is 1.19 bits per heavy atom. The molecule has 0 fully saturated rings. The van der Waals surface area contributed by atoms with E-state index in [0.717, 1.165) is 12.8 Å². The van der Waals surface area contributed by atoms with Crippen molar-refractivity contribution < 1.29 is 0 Å². The maximum atomic E-state index is 2.45. The standard InChI is InChI=1S/C32H22/c1-2-7-21(8-3-1)23-14-15-25-17-24-9-4-5-12-29(24)32(30(25)20-23)28-18-26-11-6-10-22-13-16-27(19-28)31(22)26/h1-12,14-15,17-20H,13,16H2. The van der Waals surface area contributed by atoms with Crippen molar-refractivity contribution in [3.8, 4) is 22.3 Å². The van der Waals surface area contributed by atoms with E-state index in [2.05, 4.69) is 109 Å². The number of hydrogen-bond donors (Lipinski definition) is 0. The second-order valence-corrected chi connectivity index (χ2v) is 8.93. The van der Waals surface area contributed by atoms with Crippen molar-refractivity contribution in [1.82, 2.24) is 0 Å². The van der Waals surface area contributed by atoms with Crippen molar-refractivity contribution in [1.29, 1.82) is 0 Å². The van der Waals surface area contributed by atoms with E-state index < -0.39 is 0 Å². The topological polar surface area (TPSA) is 0 Å². The summed E-state index contributed by atoms with van der Waals surface area (Å²) < 4.78 is 0. The number of rotatable bonds is 2. The first kappa shape index (κ1) is 17.7. The first-order chi connectivity index (χ1) is 15.8. The van der Waals surface area contributed by atoms with Gasteiger partial charge in [-0.05, 0) is 96.7 Å². The monoisotopic (exact) mass is 406 g/mol. The van der Waals surface area contributed by atoms with Crippen LogP contribution in [0.1, 0.15) is 11.1 Å². The van der Waals surface area contributed by atoms with Gasteiger partial charge in [-0.3, -0.25) is 0 Å². The third kappa shape index (κ3) is 2.63. The Morgan fingerprint density at radius 1 is 0.406 bits per heavy atom. The highest BCUT2D eigenvalue weighted by molar-refractivity contribution is 6.14. The largest absolute Gasteiger partial charge is 0.0622 e. The Bertz CT molecular complexity index is 1660. The van der Waals surface area contributed by atoms with E-state index in [1.165, 1.54) is 65.7 Å². The summed E-state index contributed by atoms with van der Waals surface area (Å²) in [5.41, 5.74) is 8.20. The molecule has 0 atom stereocenters. The second kappa shape index (κ2) is 6.80. The van der Waals surface area contributed by atoms with Crippen molar-refractivity contribution in [3.63, 3.8) is 0 Å². The lowest BCUT2D eigenvalue weighted by Gasteiger charge is -2.15. The Morgan fingerprint density at radius 3 is 2.12 bits per heavy atom. The molecule has 0 bridgehead atoms. The SMILES string of the molecule is c1ccc(-c2ccc3cc4ccccc4c(-c4cc5c6c(cccc6c4)CC5)c3c2)cc1. The van der Waals surface area contributed by atoms with Gasteiger partial charge in [-0.15, -0.1) is 0 Å². The van der Waals surface area contributed by atoms with E-state index in [4.69, 9.17) is 0 Å². The maximum absolute atomic E-state index is 2.45. The zero-order valence-electron chi connectivity index (χ0n) is 17.8. The molecule has 6 aromatic rings. The van der Waals surface area contributed by atoms with Crippen molar-refractivity contribution in [3.05, 3.63) is 120 Å². The predicted octanol–water partition coefficient (Wildman–Crippen LogP) is 8.58. The third-order valence-corrected chi connectivity index (χ3v) is 7.07. The number of benzene rings is 6. The Labute approximate surface area is 187 Å². The minimum atomic E-state index is 1.14. The fourth-order valence-electron chi connectivity index (χ4n) is 5.60. The smallest absolute Gasteiger partial charge is 0.00263 e. The van der Waals surface area contributed by atoms with Crippen molar-refractivity contribution in [2.45, 2.75) is 12.8 Å². The molecule has 0 nitrogen and oxygen atoms in total. The highest BCUT2D eigenvalue weighted by atomic mass is 14.2. The molecule has 0 heterocycles. The van der Waals surface area contributed by atoms with Crippen LogP contribution >= 0.6 is 0 Å². The van der Waals surface area contributed by atoms with Crippen LogP contribution in [0.25, 0.3) is 54.6 Å². The fourth-order valence-corrected chi connectivity index (χ4v) is 5.60. The van der Waals surface area contributed by atoms with Crippen LogP contribution in [0, 0.1) is 0 Å². The maximum Gasteiger partial charge on any atom is -0.00263 e. The summed E-state index contributed by atoms with van der Waals surface area (Å²) >= 11 is 0. The lowest BCUT2D eigenvalue weighted by Crippen LogP contribution is -1.89. The van der Waals surface area contributed by atoms with Crippen molar-refractivity contribution >= 4 is 32.3 Å². The third-order valence-electron chi connectivity index (χ3n) is 7.07. The zero-order valence-corrected chi connectivity index (χ0v) is 17.8. The van der Waals surface area contributed by atoms with Crippen LogP contribution in [-0.4, -0.2) is 0 Å². The number of hydrogen-bond acceptors (Lipinski definition) is 0. The molecule has 150 valence electrons. The molecule has 0 N–H and O–H groups in total. The van der Waals surface area contributed by atoms with Gasteiger partial charge in [-0.1, -0.05) is 91.0 Å². The molecule has 0 aliphatic heterocycles. The van der Waals surface area contributed by atoms with E-state index in [9.17, 15) is 0 Å². The van der Waals surface area contributed by atoms with E-state index in [1.54, 1.807) is 0 Å². The van der Waals surface area contributed by atoms with E-state index >= 15 is 0 Å². The summed E-state index contributed by atoms with van der Waals surface area (Å²) in [7, 11) is 0. The molecule has 0 radical (unpaired) electrons. The summed E-state index contributed by atoms with van der Waals surface area (Å²) in [5, 5.41) is 8.09. The predicted molar refractivity (Wildman–Crippen MR) is 137 cm³/mol. The fraction of sp³-hybridized carbons (Fsp3) is 0.0625. The van der Waals surface area contributed by atoms with E-state index in [1.807, 2.05) is 0 Å². The average Bonchev–Trinajstić information content (AvgIpc) is 3.27. The van der Waals surface area contributed by atoms with Gasteiger partial charge < -0.3 is 0 Å². The summed E-state index contributed by atoms with van der Waals surface area (Å²) in [6.45, 7) is 0. The van der Waals surface area contributed by atoms with Gasteiger partial charge >= 0.3 is 0 Å². The van der Waals surface area contributed by atoms with Gasteiger partial charge in [0.15, 0.2) is 0 Å². The van der Waals surface area contributed by atoms with Gasteiger partial charge in [0, 0.05) is 0 Å². The number of fused-ring (bicyclic) bond motifs is 2. The van der Waals surface area contributed by atoms with Gasteiger partial charge in [0.1, 0.15) is 0 Å². The highest BCUT2D eigenvalue weighted by Gasteiger charge is 2.18. The molecular weight excluding hydrogens is 384 g/mol. The van der Waals surface area contributed by atoms with Crippen molar-refractivity contribution in [2.24, 2.45) is 0 Å². The molecule has 0 spiro atoms. The summed E-state index contributed by atoms with van der Waals surface area (Å²) in [6.07, 6.45) is 2.30. The Balaban J connectivity index is 1.59. The summed E-state index contributed by atoms with van der Waals surface area (Å²) in [6, 6.07) is 40.4. The lowest BCUT2D eigenvalue weighted by molar-refractivity contribution is 1.02. The van der Waals surface area contributed by atoms with Gasteiger partial charge in [-0.2, -0.15) is 0 Å². The van der Waals surface area contributed by atoms with Gasteiger partial charge in [0.25, 0.3) is 0 Å². The van der Waals surface area contributed by atoms with Crippen LogP contribution < -0.4 is 0 Å². The van der Waals surface area contributed by atoms with E-state index in [0.29, 0.717) is 0 Å². The molecule has 0 amide bonds. The quantitative estimate of drug-likeness (QED) is 0.253. The Hall–Kier alpha value is -3.90. The molecule has 0 saturated carbocycles. The lowest BCUT2D eigenvalue weighted by atomic mass is 9.88. The minimum Gasteiger partial charge on any atom is -0.0622 e. The van der Waals surface area contributed by atoms with Crippen LogP contribution in [0.3, 0.4) is 0 Å². The highest BCUT2D eigenvalue weighted by Crippen LogP contribution is 2.41. The normalized spacial score (nSPS) is 12.8. The molecule has 7 rings (SSSR count). The first-order valence-corrected chi connectivity index (χ1v) is 11.4. The molecule has 6 aromatic carbocycles. The molecule has 0 heteroatoms. The van der Waals surface area contributed by atoms with Crippen LogP contribution in [0.2, 0.25) is 0 Å². The summed E-state index contributed by atoms with van der Waals surface area (Å²) in [4.78, 5) is 0. The molecule has 1 aliphatic rings. The first-order valence-electron chi connectivity index (χ1n) is 11.4. The molecule has 0 saturated heterocycles. The molecule has 32 heavy (non-hydrogen) atoms. The number of aryl methyl sites for hydroxylation is 2. The van der Waals surface area contributed by atoms with Crippen LogP contribution in [-0.2, 0) is 12.8 Å². The molecular formula is C32H22. The molecule has 1 aliphatic carbocycles. The van der Waals surface area contributed by atoms with Crippen LogP contribution in [0.15, 0.2) is 109 Å². The van der Waals surface area contributed by atoms with Crippen molar-refractivity contribution in [2.75, 3.05) is 0 Å².